The molecule has 1 saturated carbocycles. The quantitative estimate of drug-likeness (QED) is 0.785. The first-order chi connectivity index (χ1) is 8.58. The third-order valence-electron chi connectivity index (χ3n) is 4.08. The summed E-state index contributed by atoms with van der Waals surface area (Å²) in [6.07, 6.45) is 3.38. The molecule has 1 fully saturated rings. The number of hydrogen-bond acceptors (Lipinski definition) is 2. The lowest BCUT2D eigenvalue weighted by Gasteiger charge is -2.32. The van der Waals surface area contributed by atoms with Crippen LogP contribution in [0.1, 0.15) is 43.5 Å². The van der Waals surface area contributed by atoms with Crippen LogP contribution in [0.2, 0.25) is 0 Å². The Morgan fingerprint density at radius 2 is 1.94 bits per heavy atom. The van der Waals surface area contributed by atoms with Crippen molar-refractivity contribution in [1.29, 1.82) is 0 Å². The molecule has 98 valence electrons. The van der Waals surface area contributed by atoms with Crippen LogP contribution < -0.4 is 5.32 Å². The molecule has 1 N–H and O–H groups in total. The molecule has 3 unspecified atom stereocenters. The summed E-state index contributed by atoms with van der Waals surface area (Å²) in [6, 6.07) is 7.76. The minimum absolute atomic E-state index is 0.00681. The highest BCUT2D eigenvalue weighted by Gasteiger charge is 2.25. The third-order valence-corrected chi connectivity index (χ3v) is 4.47. The number of benzene rings is 1. The van der Waals surface area contributed by atoms with Gasteiger partial charge >= 0.3 is 0 Å². The Labute approximate surface area is 115 Å². The van der Waals surface area contributed by atoms with E-state index in [2.05, 4.69) is 31.8 Å². The molecule has 3 atom stereocenters. The van der Waals surface area contributed by atoms with Crippen LogP contribution in [0.15, 0.2) is 29.2 Å². The maximum atomic E-state index is 12.2. The van der Waals surface area contributed by atoms with E-state index < -0.39 is 0 Å². The molecule has 2 rings (SSSR count). The molecule has 0 radical (unpaired) electrons. The number of carbonyl (C=O) groups is 1. The number of amides is 1. The molecule has 0 bridgehead atoms. The van der Waals surface area contributed by atoms with E-state index in [0.29, 0.717) is 17.5 Å². The fourth-order valence-corrected chi connectivity index (χ4v) is 2.87. The first-order valence-corrected chi connectivity index (χ1v) is 7.11. The van der Waals surface area contributed by atoms with Crippen molar-refractivity contribution in [2.45, 2.75) is 44.0 Å². The van der Waals surface area contributed by atoms with Gasteiger partial charge in [0, 0.05) is 10.9 Å². The Hall–Kier alpha value is -0.960. The second kappa shape index (κ2) is 5.79. The maximum Gasteiger partial charge on any atom is 0.252 e. The Kier molecular flexibility index (Phi) is 4.33. The summed E-state index contributed by atoms with van der Waals surface area (Å²) in [5.74, 6) is 1.47. The van der Waals surface area contributed by atoms with E-state index in [1.165, 1.54) is 6.42 Å². The van der Waals surface area contributed by atoms with Crippen molar-refractivity contribution in [2.24, 2.45) is 11.8 Å². The normalized spacial score (nSPS) is 27.8. The molecule has 0 spiro atoms. The molecule has 1 amide bonds. The Morgan fingerprint density at radius 3 is 2.61 bits per heavy atom. The van der Waals surface area contributed by atoms with Crippen molar-refractivity contribution >= 4 is 18.5 Å². The van der Waals surface area contributed by atoms with Gasteiger partial charge in [-0.15, -0.1) is 12.6 Å². The van der Waals surface area contributed by atoms with Gasteiger partial charge in [0.25, 0.3) is 5.91 Å². The van der Waals surface area contributed by atoms with Crippen molar-refractivity contribution < 1.29 is 4.79 Å². The monoisotopic (exact) mass is 263 g/mol. The lowest BCUT2D eigenvalue weighted by atomic mass is 9.79. The average Bonchev–Trinajstić information content (AvgIpc) is 2.34. The van der Waals surface area contributed by atoms with Gasteiger partial charge in [0.2, 0.25) is 0 Å². The van der Waals surface area contributed by atoms with E-state index >= 15 is 0 Å². The third kappa shape index (κ3) is 3.08. The highest BCUT2D eigenvalue weighted by Crippen LogP contribution is 2.29. The van der Waals surface area contributed by atoms with Gasteiger partial charge < -0.3 is 5.32 Å². The first kappa shape index (κ1) is 13.5. The highest BCUT2D eigenvalue weighted by molar-refractivity contribution is 7.80. The summed E-state index contributed by atoms with van der Waals surface area (Å²) in [5, 5.41) is 3.14. The molecule has 1 aromatic carbocycles. The zero-order chi connectivity index (χ0) is 13.1. The van der Waals surface area contributed by atoms with Gasteiger partial charge in [-0.1, -0.05) is 26.0 Å². The predicted molar refractivity (Wildman–Crippen MR) is 77.1 cm³/mol. The van der Waals surface area contributed by atoms with E-state index in [1.54, 1.807) is 0 Å². The summed E-state index contributed by atoms with van der Waals surface area (Å²) < 4.78 is 0. The number of nitrogens with one attached hydrogen (secondary N) is 1. The highest BCUT2D eigenvalue weighted by atomic mass is 32.1. The van der Waals surface area contributed by atoms with E-state index in [9.17, 15) is 4.79 Å². The van der Waals surface area contributed by atoms with Gasteiger partial charge in [-0.05, 0) is 43.2 Å². The fraction of sp³-hybridized carbons (Fsp3) is 0.533. The van der Waals surface area contributed by atoms with Crippen LogP contribution in [0, 0.1) is 11.8 Å². The van der Waals surface area contributed by atoms with Crippen molar-refractivity contribution in [1.82, 2.24) is 5.32 Å². The smallest absolute Gasteiger partial charge is 0.252 e. The summed E-state index contributed by atoms with van der Waals surface area (Å²) in [5.41, 5.74) is 0.673. The zero-order valence-electron chi connectivity index (χ0n) is 11.0. The minimum atomic E-state index is 0.00681. The lowest BCUT2D eigenvalue weighted by Crippen LogP contribution is -2.39. The Bertz CT molecular complexity index is 432. The molecule has 0 heterocycles. The average molecular weight is 263 g/mol. The number of hydrogen-bond donors (Lipinski definition) is 2. The van der Waals surface area contributed by atoms with Crippen molar-refractivity contribution in [3.63, 3.8) is 0 Å². The molecule has 18 heavy (non-hydrogen) atoms. The van der Waals surface area contributed by atoms with Gasteiger partial charge in [0.1, 0.15) is 0 Å². The van der Waals surface area contributed by atoms with E-state index in [0.717, 1.165) is 23.7 Å². The number of carbonyl (C=O) groups excluding carboxylic acids is 1. The van der Waals surface area contributed by atoms with Crippen molar-refractivity contribution in [3.8, 4) is 0 Å². The molecule has 1 aliphatic rings. The van der Waals surface area contributed by atoms with Crippen LogP contribution in [-0.4, -0.2) is 11.9 Å². The predicted octanol–water partition coefficient (Wildman–Crippen LogP) is 3.53. The molecule has 2 nitrogen and oxygen atoms in total. The topological polar surface area (TPSA) is 29.1 Å². The molecular formula is C15H21NOS. The Balaban J connectivity index is 1.98. The SMILES string of the molecule is CC1CCC(NC(=O)c2ccccc2S)CC1C. The van der Waals surface area contributed by atoms with Crippen molar-refractivity contribution in [3.05, 3.63) is 29.8 Å². The molecule has 1 aromatic rings. The van der Waals surface area contributed by atoms with Crippen molar-refractivity contribution in [2.75, 3.05) is 0 Å². The van der Waals surface area contributed by atoms with E-state index in [1.807, 2.05) is 24.3 Å². The lowest BCUT2D eigenvalue weighted by molar-refractivity contribution is 0.0907. The van der Waals surface area contributed by atoms with E-state index in [4.69, 9.17) is 0 Å². The van der Waals surface area contributed by atoms with Crippen LogP contribution >= 0.6 is 12.6 Å². The standard InChI is InChI=1S/C15H21NOS/c1-10-7-8-12(9-11(10)2)16-15(17)13-5-3-4-6-14(13)18/h3-6,10-12,18H,7-9H2,1-2H3,(H,16,17). The number of thiol groups is 1. The fourth-order valence-electron chi connectivity index (χ4n) is 2.61. The van der Waals surface area contributed by atoms with Crippen LogP contribution in [0.25, 0.3) is 0 Å². The molecular weight excluding hydrogens is 242 g/mol. The van der Waals surface area contributed by atoms with Gasteiger partial charge in [-0.2, -0.15) is 0 Å². The summed E-state index contributed by atoms with van der Waals surface area (Å²) in [4.78, 5) is 12.9. The van der Waals surface area contributed by atoms with Gasteiger partial charge in [-0.3, -0.25) is 4.79 Å². The maximum absolute atomic E-state index is 12.2. The second-order valence-corrected chi connectivity index (χ2v) is 5.94. The van der Waals surface area contributed by atoms with Gasteiger partial charge in [0.15, 0.2) is 0 Å². The molecule has 0 aliphatic heterocycles. The van der Waals surface area contributed by atoms with Crippen LogP contribution in [-0.2, 0) is 0 Å². The van der Waals surface area contributed by atoms with Crippen LogP contribution in [0.4, 0.5) is 0 Å². The molecule has 1 aliphatic carbocycles. The van der Waals surface area contributed by atoms with Gasteiger partial charge in [0.05, 0.1) is 5.56 Å². The molecule has 0 saturated heterocycles. The second-order valence-electron chi connectivity index (χ2n) is 5.46. The summed E-state index contributed by atoms with van der Waals surface area (Å²) in [7, 11) is 0. The van der Waals surface area contributed by atoms with Crippen LogP contribution in [0.5, 0.6) is 0 Å². The summed E-state index contributed by atoms with van der Waals surface area (Å²) in [6.45, 7) is 4.57. The zero-order valence-corrected chi connectivity index (χ0v) is 11.9. The number of rotatable bonds is 2. The molecule has 0 aromatic heterocycles. The first-order valence-electron chi connectivity index (χ1n) is 6.66. The van der Waals surface area contributed by atoms with Gasteiger partial charge in [-0.25, -0.2) is 0 Å². The van der Waals surface area contributed by atoms with E-state index in [-0.39, 0.29) is 5.91 Å². The summed E-state index contributed by atoms with van der Waals surface area (Å²) >= 11 is 4.33. The largest absolute Gasteiger partial charge is 0.349 e. The minimum Gasteiger partial charge on any atom is -0.349 e. The molecule has 3 heteroatoms. The van der Waals surface area contributed by atoms with Crippen LogP contribution in [0.3, 0.4) is 0 Å². The Morgan fingerprint density at radius 1 is 1.22 bits per heavy atom.